The van der Waals surface area contributed by atoms with Crippen LogP contribution in [0.3, 0.4) is 0 Å². The number of hydrogen-bond donors (Lipinski definition) is 1. The van der Waals surface area contributed by atoms with Crippen molar-refractivity contribution in [3.05, 3.63) is 47.3 Å². The summed E-state index contributed by atoms with van der Waals surface area (Å²) < 4.78 is 46.0. The van der Waals surface area contributed by atoms with Gasteiger partial charge in [-0.2, -0.15) is 18.3 Å². The average molecular weight is 397 g/mol. The Labute approximate surface area is 160 Å². The largest absolute Gasteiger partial charge is 0.469 e. The van der Waals surface area contributed by atoms with Crippen LogP contribution < -0.4 is 5.32 Å². The van der Waals surface area contributed by atoms with Crippen molar-refractivity contribution in [2.75, 3.05) is 13.7 Å². The van der Waals surface area contributed by atoms with Gasteiger partial charge in [0.25, 0.3) is 5.91 Å². The molecule has 0 unspecified atom stereocenters. The third kappa shape index (κ3) is 5.58. The van der Waals surface area contributed by atoms with Gasteiger partial charge in [0.15, 0.2) is 5.69 Å². The molecule has 0 saturated carbocycles. The molecule has 0 spiro atoms. The van der Waals surface area contributed by atoms with Gasteiger partial charge in [0.2, 0.25) is 0 Å². The molecule has 1 aromatic carbocycles. The Morgan fingerprint density at radius 2 is 1.82 bits per heavy atom. The number of carbonyl (C=O) groups excluding carboxylic acids is 2. The zero-order valence-corrected chi connectivity index (χ0v) is 15.7. The lowest BCUT2D eigenvalue weighted by Gasteiger charge is -2.13. The maximum Gasteiger partial charge on any atom is 0.434 e. The Bertz CT molecular complexity index is 814. The van der Waals surface area contributed by atoms with Gasteiger partial charge < -0.3 is 10.1 Å². The normalized spacial score (nSPS) is 11.3. The molecule has 0 bridgehead atoms. The summed E-state index contributed by atoms with van der Waals surface area (Å²) in [5.41, 5.74) is -0.517. The lowest BCUT2D eigenvalue weighted by molar-refractivity contribution is -0.143. The molecule has 152 valence electrons. The highest BCUT2D eigenvalue weighted by atomic mass is 19.4. The maximum atomic E-state index is 13.6. The van der Waals surface area contributed by atoms with E-state index in [-0.39, 0.29) is 24.6 Å². The molecule has 2 aromatic rings. The molecule has 9 heteroatoms. The summed E-state index contributed by atoms with van der Waals surface area (Å²) in [5, 5.41) is 6.25. The van der Waals surface area contributed by atoms with Crippen LogP contribution in [0, 0.1) is 6.92 Å². The molecular formula is C19H22F3N3O3. The first kappa shape index (κ1) is 21.5. The minimum Gasteiger partial charge on any atom is -0.469 e. The van der Waals surface area contributed by atoms with Crippen LogP contribution in [0.15, 0.2) is 30.5 Å². The number of methoxy groups -OCH3 is 1. The van der Waals surface area contributed by atoms with Crippen molar-refractivity contribution in [1.29, 1.82) is 0 Å². The second kappa shape index (κ2) is 9.38. The van der Waals surface area contributed by atoms with Gasteiger partial charge in [0, 0.05) is 13.0 Å². The highest BCUT2D eigenvalue weighted by Gasteiger charge is 2.40. The zero-order chi connectivity index (χ0) is 20.7. The topological polar surface area (TPSA) is 73.2 Å². The number of esters is 1. The number of ether oxygens (including phenoxy) is 1. The number of rotatable bonds is 8. The van der Waals surface area contributed by atoms with Crippen molar-refractivity contribution < 1.29 is 27.5 Å². The number of aryl methyl sites for hydroxylation is 1. The predicted octanol–water partition coefficient (Wildman–Crippen LogP) is 3.66. The van der Waals surface area contributed by atoms with Crippen LogP contribution in [0.2, 0.25) is 0 Å². The first-order valence-corrected chi connectivity index (χ1v) is 8.81. The molecule has 0 fully saturated rings. The van der Waals surface area contributed by atoms with Crippen LogP contribution in [0.25, 0.3) is 5.69 Å². The van der Waals surface area contributed by atoms with Crippen LogP contribution in [0.1, 0.15) is 47.3 Å². The number of nitrogens with zero attached hydrogens (tertiary/aromatic N) is 2. The number of carbonyl (C=O) groups is 2. The number of aromatic nitrogens is 2. The summed E-state index contributed by atoms with van der Waals surface area (Å²) >= 11 is 0. The van der Waals surface area contributed by atoms with Crippen molar-refractivity contribution in [3.8, 4) is 5.69 Å². The summed E-state index contributed by atoms with van der Waals surface area (Å²) in [6.45, 7) is 2.02. The van der Waals surface area contributed by atoms with Crippen molar-refractivity contribution in [2.24, 2.45) is 0 Å². The molecule has 0 radical (unpaired) electrons. The standard InChI is InChI=1S/C19H22F3N3O3/c1-13-7-9-14(10-8-13)25-17(19(20,21)22)15(12-24-25)18(27)23-11-5-3-4-6-16(26)28-2/h7-10,12H,3-6,11H2,1-2H3,(H,23,27). The first-order chi connectivity index (χ1) is 13.2. The molecule has 0 saturated heterocycles. The van der Waals surface area contributed by atoms with Gasteiger partial charge in [-0.05, 0) is 31.9 Å². The number of nitrogens with one attached hydrogen (secondary N) is 1. The molecule has 1 heterocycles. The molecule has 1 aromatic heterocycles. The Morgan fingerprint density at radius 3 is 2.43 bits per heavy atom. The molecule has 1 N–H and O–H groups in total. The molecule has 0 aliphatic heterocycles. The van der Waals surface area contributed by atoms with Gasteiger partial charge in [0.1, 0.15) is 0 Å². The molecule has 0 aliphatic rings. The Kier molecular flexibility index (Phi) is 7.19. The second-order valence-corrected chi connectivity index (χ2v) is 6.29. The number of unbranched alkanes of at least 4 members (excludes halogenated alkanes) is 2. The highest BCUT2D eigenvalue weighted by molar-refractivity contribution is 5.95. The molecule has 2 rings (SSSR count). The Balaban J connectivity index is 2.05. The number of hydrogen-bond acceptors (Lipinski definition) is 4. The summed E-state index contributed by atoms with van der Waals surface area (Å²) in [4.78, 5) is 23.3. The molecule has 1 amide bonds. The molecule has 28 heavy (non-hydrogen) atoms. The lowest BCUT2D eigenvalue weighted by Crippen LogP contribution is -2.27. The van der Waals surface area contributed by atoms with Gasteiger partial charge in [-0.1, -0.05) is 24.1 Å². The monoisotopic (exact) mass is 397 g/mol. The molecule has 0 aliphatic carbocycles. The van der Waals surface area contributed by atoms with Gasteiger partial charge >= 0.3 is 12.1 Å². The quantitative estimate of drug-likeness (QED) is 0.545. The number of amides is 1. The Morgan fingerprint density at radius 1 is 1.14 bits per heavy atom. The van der Waals surface area contributed by atoms with Crippen LogP contribution in [0.4, 0.5) is 13.2 Å². The van der Waals surface area contributed by atoms with Crippen molar-refractivity contribution in [1.82, 2.24) is 15.1 Å². The van der Waals surface area contributed by atoms with E-state index in [1.165, 1.54) is 19.2 Å². The fraction of sp³-hybridized carbons (Fsp3) is 0.421. The van der Waals surface area contributed by atoms with E-state index in [9.17, 15) is 22.8 Å². The number of alkyl halides is 3. The number of benzene rings is 1. The summed E-state index contributed by atoms with van der Waals surface area (Å²) in [5.74, 6) is -1.15. The minimum atomic E-state index is -4.74. The molecule has 6 nitrogen and oxygen atoms in total. The van der Waals surface area contributed by atoms with E-state index < -0.39 is 23.3 Å². The summed E-state index contributed by atoms with van der Waals surface area (Å²) in [6.07, 6.45) is -1.78. The van der Waals surface area contributed by atoms with Gasteiger partial charge in [-0.15, -0.1) is 0 Å². The van der Waals surface area contributed by atoms with Crippen molar-refractivity contribution >= 4 is 11.9 Å². The van der Waals surface area contributed by atoms with E-state index >= 15 is 0 Å². The predicted molar refractivity (Wildman–Crippen MR) is 96.1 cm³/mol. The fourth-order valence-electron chi connectivity index (χ4n) is 2.64. The van der Waals surface area contributed by atoms with Crippen molar-refractivity contribution in [2.45, 2.75) is 38.8 Å². The van der Waals surface area contributed by atoms with E-state index in [4.69, 9.17) is 0 Å². The molecular weight excluding hydrogens is 375 g/mol. The SMILES string of the molecule is COC(=O)CCCCCNC(=O)c1cnn(-c2ccc(C)cc2)c1C(F)(F)F. The Hall–Kier alpha value is -2.84. The second-order valence-electron chi connectivity index (χ2n) is 6.29. The van der Waals surface area contributed by atoms with Gasteiger partial charge in [0.05, 0.1) is 24.6 Å². The van der Waals surface area contributed by atoms with E-state index in [2.05, 4.69) is 15.2 Å². The first-order valence-electron chi connectivity index (χ1n) is 8.81. The van der Waals surface area contributed by atoms with E-state index in [1.807, 2.05) is 6.92 Å². The smallest absolute Gasteiger partial charge is 0.434 e. The van der Waals surface area contributed by atoms with Gasteiger partial charge in [-0.25, -0.2) is 4.68 Å². The zero-order valence-electron chi connectivity index (χ0n) is 15.7. The highest BCUT2D eigenvalue weighted by Crippen LogP contribution is 2.33. The summed E-state index contributed by atoms with van der Waals surface area (Å²) in [6, 6.07) is 6.37. The maximum absolute atomic E-state index is 13.6. The van der Waals surface area contributed by atoms with E-state index in [0.717, 1.165) is 16.4 Å². The summed E-state index contributed by atoms with van der Waals surface area (Å²) in [7, 11) is 1.30. The fourth-order valence-corrected chi connectivity index (χ4v) is 2.64. The minimum absolute atomic E-state index is 0.201. The van der Waals surface area contributed by atoms with E-state index in [0.29, 0.717) is 19.3 Å². The van der Waals surface area contributed by atoms with Crippen LogP contribution >= 0.6 is 0 Å². The third-order valence-electron chi connectivity index (χ3n) is 4.13. The van der Waals surface area contributed by atoms with Crippen LogP contribution in [-0.4, -0.2) is 35.3 Å². The average Bonchev–Trinajstić information content (AvgIpc) is 3.10. The van der Waals surface area contributed by atoms with Crippen LogP contribution in [0.5, 0.6) is 0 Å². The van der Waals surface area contributed by atoms with Gasteiger partial charge in [-0.3, -0.25) is 9.59 Å². The molecule has 0 atom stereocenters. The third-order valence-corrected chi connectivity index (χ3v) is 4.13. The van der Waals surface area contributed by atoms with Crippen LogP contribution in [-0.2, 0) is 15.7 Å². The lowest BCUT2D eigenvalue weighted by atomic mass is 10.1. The van der Waals surface area contributed by atoms with Crippen molar-refractivity contribution in [3.63, 3.8) is 0 Å². The van der Waals surface area contributed by atoms with E-state index in [1.54, 1.807) is 12.1 Å². The number of halogens is 3.